The van der Waals surface area contributed by atoms with Crippen molar-refractivity contribution in [2.45, 2.75) is 20.0 Å². The normalized spacial score (nSPS) is 13.5. The van der Waals surface area contributed by atoms with Gasteiger partial charge >= 0.3 is 0 Å². The van der Waals surface area contributed by atoms with E-state index in [2.05, 4.69) is 4.98 Å². The van der Waals surface area contributed by atoms with Crippen LogP contribution in [0.15, 0.2) is 36.4 Å². The first-order valence-electron chi connectivity index (χ1n) is 7.42. The second-order valence-corrected chi connectivity index (χ2v) is 5.44. The molecular weight excluding hydrogens is 299 g/mol. The lowest BCUT2D eigenvalue weighted by Gasteiger charge is -2.29. The Balaban J connectivity index is 1.91. The number of nitrogens with zero attached hydrogens (tertiary/aromatic N) is 2. The van der Waals surface area contributed by atoms with Crippen molar-refractivity contribution in [2.24, 2.45) is 0 Å². The summed E-state index contributed by atoms with van der Waals surface area (Å²) in [6.07, 6.45) is -0.0361. The molecular formula is C17H17FN2O3. The highest BCUT2D eigenvalue weighted by atomic mass is 19.1. The largest absolute Gasteiger partial charge is 0.490 e. The fourth-order valence-corrected chi connectivity index (χ4v) is 2.38. The van der Waals surface area contributed by atoms with E-state index in [1.54, 1.807) is 18.2 Å². The summed E-state index contributed by atoms with van der Waals surface area (Å²) >= 11 is 0. The van der Waals surface area contributed by atoms with E-state index < -0.39 is 5.82 Å². The number of hydrogen-bond donors (Lipinski definition) is 0. The summed E-state index contributed by atoms with van der Waals surface area (Å²) in [4.78, 5) is 18.5. The molecule has 0 fully saturated rings. The Morgan fingerprint density at radius 1 is 1.35 bits per heavy atom. The molecule has 0 unspecified atom stereocenters. The van der Waals surface area contributed by atoms with Gasteiger partial charge in [0.05, 0.1) is 18.3 Å². The molecule has 1 amide bonds. The monoisotopic (exact) mass is 316 g/mol. The maximum absolute atomic E-state index is 13.5. The highest BCUT2D eigenvalue weighted by Gasteiger charge is 2.26. The molecule has 0 N–H and O–H groups in total. The van der Waals surface area contributed by atoms with E-state index in [-0.39, 0.29) is 17.7 Å². The number of ether oxygens (including phenoxy) is 2. The lowest BCUT2D eigenvalue weighted by molar-refractivity contribution is 0.0970. The van der Waals surface area contributed by atoms with Crippen LogP contribution in [0.3, 0.4) is 0 Å². The molecule has 2 aromatic rings. The van der Waals surface area contributed by atoms with Gasteiger partial charge in [0.2, 0.25) is 5.88 Å². The Morgan fingerprint density at radius 2 is 2.17 bits per heavy atom. The van der Waals surface area contributed by atoms with Gasteiger partial charge in [-0.1, -0.05) is 6.07 Å². The van der Waals surface area contributed by atoms with Crippen LogP contribution in [-0.2, 0) is 0 Å². The first-order valence-corrected chi connectivity index (χ1v) is 7.42. The zero-order valence-corrected chi connectivity index (χ0v) is 13.0. The number of pyridine rings is 1. The van der Waals surface area contributed by atoms with Crippen LogP contribution in [0.25, 0.3) is 0 Å². The van der Waals surface area contributed by atoms with E-state index in [1.807, 2.05) is 13.8 Å². The zero-order valence-electron chi connectivity index (χ0n) is 13.0. The van der Waals surface area contributed by atoms with E-state index in [0.29, 0.717) is 30.5 Å². The summed E-state index contributed by atoms with van der Waals surface area (Å²) < 4.78 is 24.5. The number of carbonyl (C=O) groups is 1. The number of anilines is 1. The number of fused-ring (bicyclic) bond motifs is 1. The quantitative estimate of drug-likeness (QED) is 0.873. The molecule has 0 bridgehead atoms. The molecule has 0 spiro atoms. The maximum atomic E-state index is 13.5. The van der Waals surface area contributed by atoms with Crippen molar-refractivity contribution in [3.8, 4) is 11.6 Å². The SMILES string of the molecule is CC(C)Oc1cccc(C(=O)N2CCOc3ccc(F)cc32)n1. The van der Waals surface area contributed by atoms with E-state index in [9.17, 15) is 9.18 Å². The first kappa shape index (κ1) is 15.3. The lowest BCUT2D eigenvalue weighted by Crippen LogP contribution is -2.38. The minimum absolute atomic E-state index is 0.0361. The molecule has 0 aliphatic carbocycles. The summed E-state index contributed by atoms with van der Waals surface area (Å²) in [7, 11) is 0. The Morgan fingerprint density at radius 3 is 2.96 bits per heavy atom. The molecule has 3 rings (SSSR count). The molecule has 0 atom stereocenters. The van der Waals surface area contributed by atoms with Crippen LogP contribution in [0.4, 0.5) is 10.1 Å². The summed E-state index contributed by atoms with van der Waals surface area (Å²) in [6, 6.07) is 9.15. The Labute approximate surface area is 133 Å². The lowest BCUT2D eigenvalue weighted by atomic mass is 10.2. The number of halogens is 1. The Kier molecular flexibility index (Phi) is 4.14. The summed E-state index contributed by atoms with van der Waals surface area (Å²) in [6.45, 7) is 4.47. The fraction of sp³-hybridized carbons (Fsp3) is 0.294. The molecule has 23 heavy (non-hydrogen) atoms. The minimum atomic E-state index is -0.420. The number of amides is 1. The van der Waals surface area contributed by atoms with E-state index in [0.717, 1.165) is 0 Å². The highest BCUT2D eigenvalue weighted by Crippen LogP contribution is 2.33. The molecule has 0 saturated heterocycles. The first-order chi connectivity index (χ1) is 11.0. The molecule has 2 heterocycles. The highest BCUT2D eigenvalue weighted by molar-refractivity contribution is 6.05. The number of aromatic nitrogens is 1. The second-order valence-electron chi connectivity index (χ2n) is 5.44. The molecule has 0 radical (unpaired) electrons. The van der Waals surface area contributed by atoms with Gasteiger partial charge in [0.15, 0.2) is 0 Å². The summed E-state index contributed by atoms with van der Waals surface area (Å²) in [5.41, 5.74) is 0.665. The van der Waals surface area contributed by atoms with E-state index in [4.69, 9.17) is 9.47 Å². The van der Waals surface area contributed by atoms with Crippen molar-refractivity contribution in [3.05, 3.63) is 47.9 Å². The van der Waals surface area contributed by atoms with E-state index in [1.165, 1.54) is 23.1 Å². The average molecular weight is 316 g/mol. The molecule has 120 valence electrons. The Hall–Kier alpha value is -2.63. The predicted molar refractivity (Wildman–Crippen MR) is 83.6 cm³/mol. The van der Waals surface area contributed by atoms with Gasteiger partial charge in [-0.15, -0.1) is 0 Å². The van der Waals surface area contributed by atoms with Crippen LogP contribution >= 0.6 is 0 Å². The molecule has 1 aliphatic heterocycles. The molecule has 0 saturated carbocycles. The van der Waals surface area contributed by atoms with Crippen molar-refractivity contribution >= 4 is 11.6 Å². The number of hydrogen-bond acceptors (Lipinski definition) is 4. The molecule has 1 aromatic carbocycles. The van der Waals surface area contributed by atoms with Crippen LogP contribution in [0.1, 0.15) is 24.3 Å². The van der Waals surface area contributed by atoms with Gasteiger partial charge in [0.25, 0.3) is 5.91 Å². The average Bonchev–Trinajstić information content (AvgIpc) is 2.53. The van der Waals surface area contributed by atoms with Crippen molar-refractivity contribution in [3.63, 3.8) is 0 Å². The summed E-state index contributed by atoms with van der Waals surface area (Å²) in [5, 5.41) is 0. The molecule has 1 aliphatic rings. The van der Waals surface area contributed by atoms with Gasteiger partial charge in [-0.2, -0.15) is 0 Å². The van der Waals surface area contributed by atoms with Gasteiger partial charge in [-0.05, 0) is 32.0 Å². The molecule has 6 heteroatoms. The Bertz CT molecular complexity index is 734. The van der Waals surface area contributed by atoms with Crippen molar-refractivity contribution < 1.29 is 18.7 Å². The van der Waals surface area contributed by atoms with Crippen LogP contribution in [-0.4, -0.2) is 30.1 Å². The number of carbonyl (C=O) groups excluding carboxylic acids is 1. The standard InChI is InChI=1S/C17H17FN2O3/c1-11(2)23-16-5-3-4-13(19-16)17(21)20-8-9-22-15-7-6-12(18)10-14(15)20/h3-7,10-11H,8-9H2,1-2H3. The fourth-order valence-electron chi connectivity index (χ4n) is 2.38. The maximum Gasteiger partial charge on any atom is 0.277 e. The van der Waals surface area contributed by atoms with Crippen LogP contribution in [0, 0.1) is 5.82 Å². The number of rotatable bonds is 3. The second kappa shape index (κ2) is 6.24. The van der Waals surface area contributed by atoms with Gasteiger partial charge in [0, 0.05) is 12.1 Å². The summed E-state index contributed by atoms with van der Waals surface area (Å²) in [5.74, 6) is 0.144. The third-order valence-electron chi connectivity index (χ3n) is 3.33. The predicted octanol–water partition coefficient (Wildman–Crippen LogP) is 3.05. The van der Waals surface area contributed by atoms with Crippen molar-refractivity contribution in [2.75, 3.05) is 18.1 Å². The van der Waals surface area contributed by atoms with Crippen molar-refractivity contribution in [1.29, 1.82) is 0 Å². The van der Waals surface area contributed by atoms with Crippen LogP contribution < -0.4 is 14.4 Å². The third-order valence-corrected chi connectivity index (χ3v) is 3.33. The van der Waals surface area contributed by atoms with Gasteiger partial charge < -0.3 is 14.4 Å². The third kappa shape index (κ3) is 3.26. The van der Waals surface area contributed by atoms with Crippen LogP contribution in [0.5, 0.6) is 11.6 Å². The smallest absolute Gasteiger partial charge is 0.277 e. The van der Waals surface area contributed by atoms with Crippen LogP contribution in [0.2, 0.25) is 0 Å². The van der Waals surface area contributed by atoms with Gasteiger partial charge in [0.1, 0.15) is 23.9 Å². The molecule has 5 nitrogen and oxygen atoms in total. The van der Waals surface area contributed by atoms with Crippen molar-refractivity contribution in [1.82, 2.24) is 4.98 Å². The van der Waals surface area contributed by atoms with Gasteiger partial charge in [-0.3, -0.25) is 4.79 Å². The topological polar surface area (TPSA) is 51.7 Å². The van der Waals surface area contributed by atoms with Gasteiger partial charge in [-0.25, -0.2) is 9.37 Å². The zero-order chi connectivity index (χ0) is 16.4. The minimum Gasteiger partial charge on any atom is -0.490 e. The van der Waals surface area contributed by atoms with E-state index >= 15 is 0 Å². The molecule has 1 aromatic heterocycles. The number of benzene rings is 1.